The van der Waals surface area contributed by atoms with Gasteiger partial charge >= 0.3 is 0 Å². The Balaban J connectivity index is 1.49. The van der Waals surface area contributed by atoms with Crippen LogP contribution < -0.4 is 4.72 Å². The van der Waals surface area contributed by atoms with E-state index >= 15 is 0 Å². The van der Waals surface area contributed by atoms with Crippen molar-refractivity contribution in [2.45, 2.75) is 24.3 Å². The Morgan fingerprint density at radius 2 is 1.92 bits per heavy atom. The van der Waals surface area contributed by atoms with E-state index in [0.29, 0.717) is 6.54 Å². The lowest BCUT2D eigenvalue weighted by Crippen LogP contribution is -2.38. The number of aromatic nitrogens is 1. The van der Waals surface area contributed by atoms with Gasteiger partial charge in [-0.1, -0.05) is 18.2 Å². The number of likely N-dealkylation sites (tertiary alicyclic amines) is 1. The summed E-state index contributed by atoms with van der Waals surface area (Å²) in [6.45, 7) is 3.04. The number of hydrogen-bond acceptors (Lipinski definition) is 4. The lowest BCUT2D eigenvalue weighted by atomic mass is 9.97. The minimum atomic E-state index is -3.80. The summed E-state index contributed by atoms with van der Waals surface area (Å²) in [4.78, 5) is 6.18. The Morgan fingerprint density at radius 3 is 2.60 bits per heavy atom. The van der Waals surface area contributed by atoms with Crippen LogP contribution in [0.4, 0.5) is 4.39 Å². The zero-order valence-corrected chi connectivity index (χ0v) is 14.8. The smallest absolute Gasteiger partial charge is 0.243 e. The number of nitrogens with zero attached hydrogens (tertiary/aromatic N) is 2. The molecule has 3 rings (SSSR count). The maximum atomic E-state index is 13.7. The van der Waals surface area contributed by atoms with Crippen LogP contribution in [-0.4, -0.2) is 37.9 Å². The highest BCUT2D eigenvalue weighted by Gasteiger charge is 2.23. The minimum Gasteiger partial charge on any atom is -0.299 e. The number of pyridine rings is 1. The van der Waals surface area contributed by atoms with Crippen LogP contribution in [0.5, 0.6) is 0 Å². The summed E-state index contributed by atoms with van der Waals surface area (Å²) in [5, 5.41) is 0. The van der Waals surface area contributed by atoms with E-state index in [-0.39, 0.29) is 10.8 Å². The highest BCUT2D eigenvalue weighted by atomic mass is 32.2. The van der Waals surface area contributed by atoms with Gasteiger partial charge in [-0.3, -0.25) is 9.88 Å². The van der Waals surface area contributed by atoms with Crippen LogP contribution >= 0.6 is 0 Å². The van der Waals surface area contributed by atoms with Crippen molar-refractivity contribution in [2.24, 2.45) is 5.92 Å². The maximum absolute atomic E-state index is 13.7. The van der Waals surface area contributed by atoms with E-state index in [1.807, 2.05) is 12.3 Å². The third-order valence-corrected chi connectivity index (χ3v) is 5.98. The zero-order chi connectivity index (χ0) is 17.7. The fourth-order valence-electron chi connectivity index (χ4n) is 3.07. The molecule has 0 radical (unpaired) electrons. The summed E-state index contributed by atoms with van der Waals surface area (Å²) >= 11 is 0. The van der Waals surface area contributed by atoms with E-state index in [9.17, 15) is 12.8 Å². The Bertz CT molecular complexity index is 791. The first-order valence-electron chi connectivity index (χ1n) is 8.40. The number of piperidine rings is 1. The summed E-state index contributed by atoms with van der Waals surface area (Å²) < 4.78 is 40.7. The number of halogens is 1. The van der Waals surface area contributed by atoms with Crippen LogP contribution in [0.15, 0.2) is 53.7 Å². The number of nitrogens with one attached hydrogen (secondary N) is 1. The van der Waals surface area contributed by atoms with E-state index in [0.717, 1.165) is 38.5 Å². The van der Waals surface area contributed by atoms with Gasteiger partial charge in [0, 0.05) is 25.5 Å². The van der Waals surface area contributed by atoms with Crippen molar-refractivity contribution in [3.63, 3.8) is 0 Å². The lowest BCUT2D eigenvalue weighted by Gasteiger charge is -2.31. The molecule has 0 amide bonds. The first-order chi connectivity index (χ1) is 12.0. The molecule has 2 heterocycles. The third-order valence-electron chi connectivity index (χ3n) is 4.52. The summed E-state index contributed by atoms with van der Waals surface area (Å²) in [6.07, 6.45) is 5.46. The van der Waals surface area contributed by atoms with Crippen LogP contribution in [0.3, 0.4) is 0 Å². The molecule has 1 aliphatic rings. The Kier molecular flexibility index (Phi) is 5.78. The number of sulfonamides is 1. The summed E-state index contributed by atoms with van der Waals surface area (Å²) in [7, 11) is -3.80. The number of rotatable bonds is 6. The van der Waals surface area contributed by atoms with Crippen molar-refractivity contribution in [1.29, 1.82) is 0 Å². The van der Waals surface area contributed by atoms with E-state index < -0.39 is 15.8 Å². The van der Waals surface area contributed by atoms with E-state index in [1.165, 1.54) is 23.8 Å². The summed E-state index contributed by atoms with van der Waals surface area (Å²) in [5.41, 5.74) is 1.18. The molecule has 25 heavy (non-hydrogen) atoms. The second kappa shape index (κ2) is 8.03. The van der Waals surface area contributed by atoms with Crippen molar-refractivity contribution < 1.29 is 12.8 Å². The topological polar surface area (TPSA) is 62.3 Å². The van der Waals surface area contributed by atoms with Gasteiger partial charge in [-0.05, 0) is 55.6 Å². The van der Waals surface area contributed by atoms with Crippen molar-refractivity contribution >= 4 is 10.0 Å². The first-order valence-corrected chi connectivity index (χ1v) is 9.88. The average molecular weight is 363 g/mol. The van der Waals surface area contributed by atoms with Gasteiger partial charge in [-0.15, -0.1) is 0 Å². The SMILES string of the molecule is O=S(=O)(NCC1CCN(Cc2cccnc2)CC1)c1ccccc1F. The molecule has 1 aromatic carbocycles. The molecule has 7 heteroatoms. The van der Waals surface area contributed by atoms with Gasteiger partial charge in [0.25, 0.3) is 0 Å². The van der Waals surface area contributed by atoms with E-state index in [1.54, 1.807) is 6.20 Å². The first kappa shape index (κ1) is 18.0. The quantitative estimate of drug-likeness (QED) is 0.856. The normalized spacial score (nSPS) is 16.8. The van der Waals surface area contributed by atoms with Crippen molar-refractivity contribution in [3.8, 4) is 0 Å². The zero-order valence-electron chi connectivity index (χ0n) is 13.9. The molecule has 1 saturated heterocycles. The predicted molar refractivity (Wildman–Crippen MR) is 93.8 cm³/mol. The van der Waals surface area contributed by atoms with Gasteiger partial charge in [0.05, 0.1) is 0 Å². The second-order valence-corrected chi connectivity index (χ2v) is 8.10. The van der Waals surface area contributed by atoms with Crippen LogP contribution in [0, 0.1) is 11.7 Å². The molecule has 1 N–H and O–H groups in total. The highest BCUT2D eigenvalue weighted by molar-refractivity contribution is 7.89. The monoisotopic (exact) mass is 363 g/mol. The number of hydrogen-bond donors (Lipinski definition) is 1. The van der Waals surface area contributed by atoms with Gasteiger partial charge in [0.15, 0.2) is 0 Å². The molecule has 1 aromatic heterocycles. The van der Waals surface area contributed by atoms with Gasteiger partial charge in [-0.2, -0.15) is 0 Å². The van der Waals surface area contributed by atoms with Crippen LogP contribution in [0.25, 0.3) is 0 Å². The third kappa shape index (κ3) is 4.84. The molecule has 1 fully saturated rings. The molecular formula is C18H22FN3O2S. The summed E-state index contributed by atoms with van der Waals surface area (Å²) in [5.74, 6) is -0.451. The van der Waals surface area contributed by atoms with Crippen LogP contribution in [-0.2, 0) is 16.6 Å². The summed E-state index contributed by atoms with van der Waals surface area (Å²) in [6, 6.07) is 9.43. The fourth-order valence-corrected chi connectivity index (χ4v) is 4.26. The highest BCUT2D eigenvalue weighted by Crippen LogP contribution is 2.20. The maximum Gasteiger partial charge on any atom is 0.243 e. The van der Waals surface area contributed by atoms with Gasteiger partial charge < -0.3 is 0 Å². The van der Waals surface area contributed by atoms with Gasteiger partial charge in [0.1, 0.15) is 10.7 Å². The molecule has 0 atom stereocenters. The van der Waals surface area contributed by atoms with Crippen molar-refractivity contribution in [3.05, 3.63) is 60.2 Å². The molecule has 5 nitrogen and oxygen atoms in total. The van der Waals surface area contributed by atoms with Crippen molar-refractivity contribution in [2.75, 3.05) is 19.6 Å². The van der Waals surface area contributed by atoms with Gasteiger partial charge in [0.2, 0.25) is 10.0 Å². The number of benzene rings is 1. The molecule has 0 unspecified atom stereocenters. The van der Waals surface area contributed by atoms with Crippen molar-refractivity contribution in [1.82, 2.24) is 14.6 Å². The molecule has 2 aromatic rings. The molecule has 0 bridgehead atoms. The van der Waals surface area contributed by atoms with E-state index in [2.05, 4.69) is 20.7 Å². The standard InChI is InChI=1S/C18H22FN3O2S/c19-17-5-1-2-6-18(17)25(23,24)21-13-15-7-10-22(11-8-15)14-16-4-3-9-20-12-16/h1-6,9,12,15,21H,7-8,10-11,13-14H2. The predicted octanol–water partition coefficient (Wildman–Crippen LogP) is 2.41. The molecule has 1 aliphatic heterocycles. The minimum absolute atomic E-state index is 0.270. The lowest BCUT2D eigenvalue weighted by molar-refractivity contribution is 0.178. The molecule has 0 spiro atoms. The largest absolute Gasteiger partial charge is 0.299 e. The second-order valence-electron chi connectivity index (χ2n) is 6.36. The fraction of sp³-hybridized carbons (Fsp3) is 0.389. The van der Waals surface area contributed by atoms with Gasteiger partial charge in [-0.25, -0.2) is 17.5 Å². The molecule has 0 aliphatic carbocycles. The van der Waals surface area contributed by atoms with Crippen LogP contribution in [0.1, 0.15) is 18.4 Å². The molecule has 134 valence electrons. The molecule has 0 saturated carbocycles. The average Bonchev–Trinajstić information content (AvgIpc) is 2.62. The Hall–Kier alpha value is -1.83. The van der Waals surface area contributed by atoms with E-state index in [4.69, 9.17) is 0 Å². The Labute approximate surface area is 147 Å². The Morgan fingerprint density at radius 1 is 1.16 bits per heavy atom. The van der Waals surface area contributed by atoms with Crippen LogP contribution in [0.2, 0.25) is 0 Å². The molecular weight excluding hydrogens is 341 g/mol.